The zero-order valence-electron chi connectivity index (χ0n) is 18.0. The lowest BCUT2D eigenvalue weighted by atomic mass is 10.1. The largest absolute Gasteiger partial charge is 0.497 e. The molecule has 0 saturated carbocycles. The van der Waals surface area contributed by atoms with Crippen molar-refractivity contribution >= 4 is 23.2 Å². The molecule has 2 aromatic rings. The minimum atomic E-state index is -0.421. The van der Waals surface area contributed by atoms with Crippen LogP contribution < -0.4 is 9.64 Å². The number of hydrogen-bond donors (Lipinski definition) is 0. The molecule has 0 radical (unpaired) electrons. The number of methoxy groups -OCH3 is 1. The highest BCUT2D eigenvalue weighted by atomic mass is 16.6. The summed E-state index contributed by atoms with van der Waals surface area (Å²) in [6, 6.07) is 11.7. The molecule has 0 aromatic heterocycles. The topological polar surface area (TPSA) is 96.2 Å². The first-order chi connectivity index (χ1) is 15.5. The number of anilines is 1. The van der Waals surface area contributed by atoms with E-state index in [1.807, 2.05) is 4.90 Å². The summed E-state index contributed by atoms with van der Waals surface area (Å²) in [7, 11) is 1.57. The number of benzene rings is 2. The summed E-state index contributed by atoms with van der Waals surface area (Å²) in [6.45, 7) is 3.15. The minimum Gasteiger partial charge on any atom is -0.497 e. The van der Waals surface area contributed by atoms with Crippen molar-refractivity contribution in [1.29, 1.82) is 0 Å². The number of ether oxygens (including phenoxy) is 1. The molecule has 2 saturated heterocycles. The van der Waals surface area contributed by atoms with Crippen molar-refractivity contribution in [1.82, 2.24) is 9.80 Å². The van der Waals surface area contributed by atoms with Crippen molar-refractivity contribution in [3.63, 3.8) is 0 Å². The van der Waals surface area contributed by atoms with Gasteiger partial charge in [0.2, 0.25) is 0 Å². The highest BCUT2D eigenvalue weighted by Crippen LogP contribution is 2.32. The Morgan fingerprint density at radius 1 is 0.844 bits per heavy atom. The van der Waals surface area contributed by atoms with Crippen LogP contribution in [0.2, 0.25) is 0 Å². The third kappa shape index (κ3) is 4.37. The number of carbonyl (C=O) groups is 2. The van der Waals surface area contributed by atoms with Crippen LogP contribution in [0.3, 0.4) is 0 Å². The third-order valence-corrected chi connectivity index (χ3v) is 6.06. The fourth-order valence-electron chi connectivity index (χ4n) is 4.24. The van der Waals surface area contributed by atoms with Gasteiger partial charge in [0.15, 0.2) is 0 Å². The number of nitro benzene ring substituents is 1. The highest BCUT2D eigenvalue weighted by Gasteiger charge is 2.28. The van der Waals surface area contributed by atoms with Gasteiger partial charge < -0.3 is 19.4 Å². The number of carbonyl (C=O) groups excluding carboxylic acids is 2. The Balaban J connectivity index is 1.42. The maximum Gasteiger partial charge on any atom is 0.293 e. The summed E-state index contributed by atoms with van der Waals surface area (Å²) in [5, 5.41) is 11.6. The first-order valence-corrected chi connectivity index (χ1v) is 10.7. The number of nitro groups is 1. The van der Waals surface area contributed by atoms with Gasteiger partial charge in [-0.05, 0) is 49.2 Å². The number of piperazine rings is 1. The Bertz CT molecular complexity index is 1010. The molecule has 2 aliphatic rings. The van der Waals surface area contributed by atoms with Crippen LogP contribution in [-0.2, 0) is 0 Å². The summed E-state index contributed by atoms with van der Waals surface area (Å²) in [5.41, 5.74) is 1.40. The second kappa shape index (κ2) is 9.25. The zero-order valence-corrected chi connectivity index (χ0v) is 18.0. The van der Waals surface area contributed by atoms with Crippen molar-refractivity contribution in [2.24, 2.45) is 0 Å². The van der Waals surface area contributed by atoms with Gasteiger partial charge in [-0.25, -0.2) is 0 Å². The van der Waals surface area contributed by atoms with Gasteiger partial charge >= 0.3 is 0 Å². The van der Waals surface area contributed by atoms with Gasteiger partial charge in [-0.3, -0.25) is 19.7 Å². The Morgan fingerprint density at radius 3 is 1.91 bits per heavy atom. The van der Waals surface area contributed by atoms with Crippen LogP contribution >= 0.6 is 0 Å². The van der Waals surface area contributed by atoms with Crippen LogP contribution in [0.25, 0.3) is 0 Å². The quantitative estimate of drug-likeness (QED) is 0.526. The van der Waals surface area contributed by atoms with E-state index < -0.39 is 4.92 Å². The Labute approximate surface area is 186 Å². The second-order valence-corrected chi connectivity index (χ2v) is 7.97. The van der Waals surface area contributed by atoms with Crippen molar-refractivity contribution in [2.45, 2.75) is 12.8 Å². The van der Waals surface area contributed by atoms with Gasteiger partial charge in [0.1, 0.15) is 11.4 Å². The van der Waals surface area contributed by atoms with E-state index in [1.54, 1.807) is 53.3 Å². The molecule has 2 heterocycles. The fraction of sp³-hybridized carbons (Fsp3) is 0.391. The van der Waals surface area contributed by atoms with E-state index in [-0.39, 0.29) is 17.5 Å². The molecule has 2 aliphatic heterocycles. The Morgan fingerprint density at radius 2 is 1.38 bits per heavy atom. The molecule has 32 heavy (non-hydrogen) atoms. The van der Waals surface area contributed by atoms with Crippen LogP contribution in [0.15, 0.2) is 42.5 Å². The van der Waals surface area contributed by atoms with Crippen molar-refractivity contribution in [3.05, 3.63) is 63.7 Å². The van der Waals surface area contributed by atoms with Gasteiger partial charge in [-0.1, -0.05) is 0 Å². The molecule has 0 aliphatic carbocycles. The third-order valence-electron chi connectivity index (χ3n) is 6.06. The lowest BCUT2D eigenvalue weighted by molar-refractivity contribution is -0.384. The molecule has 0 bridgehead atoms. The van der Waals surface area contributed by atoms with Gasteiger partial charge in [0.05, 0.1) is 12.0 Å². The smallest absolute Gasteiger partial charge is 0.293 e. The molecule has 0 atom stereocenters. The molecular formula is C23H26N4O5. The predicted octanol–water partition coefficient (Wildman–Crippen LogP) is 2.80. The van der Waals surface area contributed by atoms with Crippen LogP contribution in [0, 0.1) is 10.1 Å². The number of amides is 2. The van der Waals surface area contributed by atoms with Gasteiger partial charge in [-0.2, -0.15) is 0 Å². The normalized spacial score (nSPS) is 16.2. The summed E-state index contributed by atoms with van der Waals surface area (Å²) >= 11 is 0. The maximum atomic E-state index is 13.0. The average molecular weight is 438 g/mol. The molecule has 0 unspecified atom stereocenters. The predicted molar refractivity (Wildman–Crippen MR) is 119 cm³/mol. The number of hydrogen-bond acceptors (Lipinski definition) is 6. The monoisotopic (exact) mass is 438 g/mol. The van der Waals surface area contributed by atoms with Crippen LogP contribution in [0.5, 0.6) is 5.75 Å². The van der Waals surface area contributed by atoms with Crippen molar-refractivity contribution in [3.8, 4) is 5.75 Å². The molecule has 2 aromatic carbocycles. The molecule has 0 N–H and O–H groups in total. The lowest BCUT2D eigenvalue weighted by Crippen LogP contribution is -2.50. The van der Waals surface area contributed by atoms with Crippen molar-refractivity contribution < 1.29 is 19.2 Å². The molecule has 0 spiro atoms. The molecule has 4 rings (SSSR count). The molecule has 168 valence electrons. The molecule has 2 amide bonds. The van der Waals surface area contributed by atoms with Gasteiger partial charge in [0.25, 0.3) is 17.5 Å². The van der Waals surface area contributed by atoms with Gasteiger partial charge in [0, 0.05) is 56.5 Å². The lowest BCUT2D eigenvalue weighted by Gasteiger charge is -2.35. The van der Waals surface area contributed by atoms with E-state index in [9.17, 15) is 19.7 Å². The maximum absolute atomic E-state index is 13.0. The fourth-order valence-corrected chi connectivity index (χ4v) is 4.24. The Kier molecular flexibility index (Phi) is 6.25. The molecule has 9 nitrogen and oxygen atoms in total. The first-order valence-electron chi connectivity index (χ1n) is 10.7. The summed E-state index contributed by atoms with van der Waals surface area (Å²) in [6.07, 6.45) is 2.02. The second-order valence-electron chi connectivity index (χ2n) is 7.97. The molecule has 2 fully saturated rings. The van der Waals surface area contributed by atoms with Crippen molar-refractivity contribution in [2.75, 3.05) is 51.3 Å². The molecule has 9 heteroatoms. The van der Waals surface area contributed by atoms with E-state index in [2.05, 4.69) is 0 Å². The van der Waals surface area contributed by atoms with E-state index in [4.69, 9.17) is 4.74 Å². The van der Waals surface area contributed by atoms with Crippen LogP contribution in [0.4, 0.5) is 11.4 Å². The summed E-state index contributed by atoms with van der Waals surface area (Å²) < 4.78 is 5.12. The van der Waals surface area contributed by atoms with Crippen LogP contribution in [-0.4, -0.2) is 72.9 Å². The van der Waals surface area contributed by atoms with E-state index in [0.29, 0.717) is 48.7 Å². The van der Waals surface area contributed by atoms with Gasteiger partial charge in [-0.15, -0.1) is 0 Å². The number of rotatable bonds is 5. The number of nitrogens with zero attached hydrogens (tertiary/aromatic N) is 4. The van der Waals surface area contributed by atoms with E-state index in [1.165, 1.54) is 6.07 Å². The summed E-state index contributed by atoms with van der Waals surface area (Å²) in [4.78, 5) is 42.3. The zero-order chi connectivity index (χ0) is 22.7. The van der Waals surface area contributed by atoms with E-state index >= 15 is 0 Å². The minimum absolute atomic E-state index is 0.0360. The Hall–Kier alpha value is -3.62. The standard InChI is InChI=1S/C23H26N4O5/c1-32-19-7-4-17(5-8-19)22(28)25-12-14-26(15-13-25)23(29)18-6-9-20(21(16-18)27(30)31)24-10-2-3-11-24/h4-9,16H,2-3,10-15H2,1H3. The van der Waals surface area contributed by atoms with E-state index in [0.717, 1.165) is 25.9 Å². The average Bonchev–Trinajstić information content (AvgIpc) is 3.38. The summed E-state index contributed by atoms with van der Waals surface area (Å²) in [5.74, 6) is 0.338. The SMILES string of the molecule is COc1ccc(C(=O)N2CCN(C(=O)c3ccc(N4CCCC4)c([N+](=O)[O-])c3)CC2)cc1. The first kappa shape index (κ1) is 21.6. The highest BCUT2D eigenvalue weighted by molar-refractivity contribution is 5.97. The molecular weight excluding hydrogens is 412 g/mol. The van der Waals surface area contributed by atoms with Crippen LogP contribution in [0.1, 0.15) is 33.6 Å².